The van der Waals surface area contributed by atoms with Gasteiger partial charge in [-0.2, -0.15) is 5.10 Å². The Morgan fingerprint density at radius 2 is 1.35 bits per heavy atom. The Hall–Kier alpha value is -6.39. The van der Waals surface area contributed by atoms with Crippen molar-refractivity contribution in [2.75, 3.05) is 5.43 Å². The third-order valence-electron chi connectivity index (χ3n) is 8.94. The predicted molar refractivity (Wildman–Crippen MR) is 205 cm³/mol. The average Bonchev–Trinajstić information content (AvgIpc) is 3.14. The molecular weight excluding hydrogens is 585 g/mol. The molecule has 2 N–H and O–H groups in total. The maximum atomic E-state index is 8.65. The van der Waals surface area contributed by atoms with Crippen molar-refractivity contribution < 1.29 is 0 Å². The van der Waals surface area contributed by atoms with Crippen molar-refractivity contribution in [2.45, 2.75) is 6.92 Å². The second-order valence-corrected chi connectivity index (χ2v) is 11.9. The van der Waals surface area contributed by atoms with Gasteiger partial charge in [0.2, 0.25) is 0 Å². The van der Waals surface area contributed by atoms with Gasteiger partial charge in [0.15, 0.2) is 0 Å². The molecule has 0 fully saturated rings. The van der Waals surface area contributed by atoms with Gasteiger partial charge in [0.1, 0.15) is 5.71 Å². The number of fused-ring (bicyclic) bond motifs is 3. The van der Waals surface area contributed by atoms with E-state index in [1.165, 1.54) is 32.7 Å². The van der Waals surface area contributed by atoms with Gasteiger partial charge < -0.3 is 0 Å². The summed E-state index contributed by atoms with van der Waals surface area (Å²) in [6.07, 6.45) is 13.9. The number of aromatic nitrogens is 1. The Morgan fingerprint density at radius 3 is 2.17 bits per heavy atom. The molecule has 0 amide bonds. The molecule has 48 heavy (non-hydrogen) atoms. The molecule has 1 aromatic heterocycles. The van der Waals surface area contributed by atoms with E-state index in [1.807, 2.05) is 48.8 Å². The molecule has 0 saturated heterocycles. The van der Waals surface area contributed by atoms with Crippen molar-refractivity contribution in [3.05, 3.63) is 169 Å². The van der Waals surface area contributed by atoms with Crippen molar-refractivity contribution in [1.82, 2.24) is 4.98 Å². The number of benzene rings is 6. The van der Waals surface area contributed by atoms with Crippen LogP contribution in [-0.2, 0) is 0 Å². The van der Waals surface area contributed by atoms with Gasteiger partial charge in [-0.25, -0.2) is 0 Å². The van der Waals surface area contributed by atoms with E-state index in [4.69, 9.17) is 5.41 Å². The molecule has 0 aliphatic heterocycles. The van der Waals surface area contributed by atoms with E-state index in [2.05, 4.69) is 138 Å². The highest BCUT2D eigenvalue weighted by Crippen LogP contribution is 2.39. The van der Waals surface area contributed by atoms with E-state index in [9.17, 15) is 0 Å². The first kappa shape index (κ1) is 29.0. The molecule has 0 spiro atoms. The molecule has 0 saturated carbocycles. The quantitative estimate of drug-likeness (QED) is 0.144. The second-order valence-electron chi connectivity index (χ2n) is 11.9. The van der Waals surface area contributed by atoms with Crippen molar-refractivity contribution in [1.29, 1.82) is 5.41 Å². The molecule has 6 aromatic carbocycles. The van der Waals surface area contributed by atoms with Gasteiger partial charge in [-0.1, -0.05) is 115 Å². The van der Waals surface area contributed by atoms with Crippen molar-refractivity contribution in [3.8, 4) is 22.3 Å². The first-order valence-corrected chi connectivity index (χ1v) is 16.1. The van der Waals surface area contributed by atoms with Crippen LogP contribution in [-0.4, -0.2) is 16.4 Å². The highest BCUT2D eigenvalue weighted by Gasteiger charge is 2.17. The lowest BCUT2D eigenvalue weighted by molar-refractivity contribution is 1.34. The van der Waals surface area contributed by atoms with Crippen LogP contribution in [0.1, 0.15) is 18.1 Å². The molecule has 1 heterocycles. The fourth-order valence-corrected chi connectivity index (χ4v) is 6.60. The number of nitrogens with zero attached hydrogens (tertiary/aromatic N) is 2. The van der Waals surface area contributed by atoms with E-state index in [1.54, 1.807) is 0 Å². The minimum absolute atomic E-state index is 0.357. The lowest BCUT2D eigenvalue weighted by atomic mass is 9.86. The zero-order chi connectivity index (χ0) is 32.5. The van der Waals surface area contributed by atoms with Crippen LogP contribution in [0.5, 0.6) is 0 Å². The molecule has 0 atom stereocenters. The number of hydrazone groups is 1. The van der Waals surface area contributed by atoms with E-state index in [0.717, 1.165) is 44.3 Å². The molecule has 4 nitrogen and oxygen atoms in total. The van der Waals surface area contributed by atoms with Crippen LogP contribution in [0.3, 0.4) is 0 Å². The number of rotatable bonds is 6. The summed E-state index contributed by atoms with van der Waals surface area (Å²) in [5, 5.41) is 20.4. The van der Waals surface area contributed by atoms with Crippen LogP contribution in [0.4, 0.5) is 5.69 Å². The van der Waals surface area contributed by atoms with Crippen LogP contribution in [0.15, 0.2) is 163 Å². The Balaban J connectivity index is 1.15. The molecule has 1 aliphatic carbocycles. The molecule has 1 aliphatic rings. The fraction of sp³-hybridized carbons (Fsp3) is 0.0227. The lowest BCUT2D eigenvalue weighted by Gasteiger charge is -2.18. The third-order valence-corrected chi connectivity index (χ3v) is 8.94. The zero-order valence-electron chi connectivity index (χ0n) is 26.5. The molecule has 7 aromatic rings. The summed E-state index contributed by atoms with van der Waals surface area (Å²) in [4.78, 5) is 4.44. The molecule has 0 bridgehead atoms. The van der Waals surface area contributed by atoms with E-state index >= 15 is 0 Å². The first-order valence-electron chi connectivity index (χ1n) is 16.1. The Morgan fingerprint density at radius 1 is 0.646 bits per heavy atom. The van der Waals surface area contributed by atoms with Crippen LogP contribution < -0.4 is 5.43 Å². The largest absolute Gasteiger partial charge is 0.299 e. The Kier molecular flexibility index (Phi) is 7.52. The van der Waals surface area contributed by atoms with Crippen LogP contribution >= 0.6 is 0 Å². The molecule has 0 radical (unpaired) electrons. The van der Waals surface area contributed by atoms with Crippen LogP contribution in [0.25, 0.3) is 66.2 Å². The minimum Gasteiger partial charge on any atom is -0.299 e. The van der Waals surface area contributed by atoms with Gasteiger partial charge in [-0.05, 0) is 104 Å². The highest BCUT2D eigenvalue weighted by molar-refractivity contribution is 6.51. The number of hydrogen-bond donors (Lipinski definition) is 2. The fourth-order valence-electron chi connectivity index (χ4n) is 6.60. The van der Waals surface area contributed by atoms with Crippen LogP contribution in [0, 0.1) is 5.41 Å². The summed E-state index contributed by atoms with van der Waals surface area (Å²) in [6, 6.07) is 42.5. The monoisotopic (exact) mass is 616 g/mol. The smallest absolute Gasteiger partial charge is 0.109 e. The van der Waals surface area contributed by atoms with Gasteiger partial charge in [-0.3, -0.25) is 15.8 Å². The normalized spacial score (nSPS) is 14.0. The Bertz CT molecular complexity index is 2490. The van der Waals surface area contributed by atoms with Crippen LogP contribution in [0.2, 0.25) is 0 Å². The number of hydrogen-bond acceptors (Lipinski definition) is 4. The van der Waals surface area contributed by atoms with Crippen molar-refractivity contribution >= 4 is 61.1 Å². The SMILES string of the molecule is C/C=C\c1cc(C2=C/C(=N/Nc3ccc(-c4cncc5ccccc45)cc3)C(=N)C=C2)c2ccccc2c1-c1ccc2ccccc2c1. The van der Waals surface area contributed by atoms with Gasteiger partial charge in [-0.15, -0.1) is 0 Å². The van der Waals surface area contributed by atoms with Crippen molar-refractivity contribution in [2.24, 2.45) is 5.10 Å². The van der Waals surface area contributed by atoms with Gasteiger partial charge in [0.25, 0.3) is 0 Å². The topological polar surface area (TPSA) is 61.1 Å². The maximum absolute atomic E-state index is 8.65. The minimum atomic E-state index is 0.357. The second kappa shape index (κ2) is 12.4. The summed E-state index contributed by atoms with van der Waals surface area (Å²) in [5.41, 5.74) is 12.8. The molecule has 0 unspecified atom stereocenters. The molecule has 228 valence electrons. The summed E-state index contributed by atoms with van der Waals surface area (Å²) < 4.78 is 0. The number of pyridine rings is 1. The summed E-state index contributed by atoms with van der Waals surface area (Å²) in [7, 11) is 0. The molecular formula is C44H32N4. The third kappa shape index (κ3) is 5.40. The van der Waals surface area contributed by atoms with Gasteiger partial charge >= 0.3 is 0 Å². The zero-order valence-corrected chi connectivity index (χ0v) is 26.5. The number of nitrogens with one attached hydrogen (secondary N) is 2. The predicted octanol–water partition coefficient (Wildman–Crippen LogP) is 11.3. The standard InChI is InChI=1S/C44H32N4/c1-2-9-33-25-40(38-14-7-8-15-39(38)44(33)34-17-16-29-10-3-4-11-31(29)24-34)32-20-23-42(45)43(26-32)48-47-36-21-18-30(19-22-36)41-28-46-27-35-12-5-6-13-37(35)41/h2-28,45,47H,1H3/b9-2-,45-42?,48-43-. The molecule has 8 rings (SSSR count). The summed E-state index contributed by atoms with van der Waals surface area (Å²) >= 11 is 0. The van der Waals surface area contributed by atoms with E-state index < -0.39 is 0 Å². The van der Waals surface area contributed by atoms with Crippen molar-refractivity contribution in [3.63, 3.8) is 0 Å². The van der Waals surface area contributed by atoms with E-state index in [-0.39, 0.29) is 0 Å². The number of anilines is 1. The van der Waals surface area contributed by atoms with Gasteiger partial charge in [0.05, 0.1) is 11.4 Å². The Labute approximate surface area is 279 Å². The molecule has 4 heteroatoms. The van der Waals surface area contributed by atoms with Gasteiger partial charge in [0, 0.05) is 23.3 Å². The van der Waals surface area contributed by atoms with E-state index in [0.29, 0.717) is 11.4 Å². The highest BCUT2D eigenvalue weighted by atomic mass is 15.3. The first-order chi connectivity index (χ1) is 23.7. The summed E-state index contributed by atoms with van der Waals surface area (Å²) in [6.45, 7) is 2.06. The summed E-state index contributed by atoms with van der Waals surface area (Å²) in [5.74, 6) is 0. The lowest BCUT2D eigenvalue weighted by Crippen LogP contribution is -2.13. The average molecular weight is 617 g/mol. The number of allylic oxidation sites excluding steroid dienone is 5. The maximum Gasteiger partial charge on any atom is 0.109 e.